The van der Waals surface area contributed by atoms with Gasteiger partial charge in [-0.2, -0.15) is 0 Å². The molecule has 1 spiro atoms. The van der Waals surface area contributed by atoms with Crippen molar-refractivity contribution >= 4 is 6.08 Å². The molecule has 3 rings (SSSR count). The van der Waals surface area contributed by atoms with Crippen molar-refractivity contribution in [3.8, 4) is 0 Å². The second kappa shape index (κ2) is 6.11. The van der Waals surface area contributed by atoms with Gasteiger partial charge in [-0.05, 0) is 50.3 Å². The van der Waals surface area contributed by atoms with Gasteiger partial charge in [-0.15, -0.1) is 0 Å². The monoisotopic (exact) mass is 270 g/mol. The minimum absolute atomic E-state index is 0.575. The normalized spacial score (nSPS) is 28.1. The molecule has 0 aromatic heterocycles. The van der Waals surface area contributed by atoms with Crippen LogP contribution >= 0.6 is 0 Å². The van der Waals surface area contributed by atoms with E-state index in [4.69, 9.17) is 0 Å². The van der Waals surface area contributed by atoms with Gasteiger partial charge in [-0.3, -0.25) is 4.90 Å². The minimum Gasteiger partial charge on any atom is -0.316 e. The highest BCUT2D eigenvalue weighted by Crippen LogP contribution is 2.36. The predicted octanol–water partition coefficient (Wildman–Crippen LogP) is 3.17. The van der Waals surface area contributed by atoms with Gasteiger partial charge >= 0.3 is 0 Å². The van der Waals surface area contributed by atoms with Crippen molar-refractivity contribution in [2.75, 3.05) is 32.7 Å². The largest absolute Gasteiger partial charge is 0.316 e. The van der Waals surface area contributed by atoms with Crippen LogP contribution in [0.5, 0.6) is 0 Å². The van der Waals surface area contributed by atoms with Crippen LogP contribution in [0.2, 0.25) is 0 Å². The van der Waals surface area contributed by atoms with E-state index in [-0.39, 0.29) is 0 Å². The molecule has 2 aliphatic heterocycles. The van der Waals surface area contributed by atoms with Gasteiger partial charge in [-0.25, -0.2) is 0 Å². The van der Waals surface area contributed by atoms with Gasteiger partial charge in [0.1, 0.15) is 0 Å². The summed E-state index contributed by atoms with van der Waals surface area (Å²) in [5.41, 5.74) is 3.36. The van der Waals surface area contributed by atoms with Crippen LogP contribution in [0.4, 0.5) is 0 Å². The minimum atomic E-state index is 0.575. The molecule has 108 valence electrons. The van der Waals surface area contributed by atoms with E-state index < -0.39 is 0 Å². The van der Waals surface area contributed by atoms with Crippen molar-refractivity contribution in [2.45, 2.75) is 26.2 Å². The number of hydrogen-bond donors (Lipinski definition) is 1. The Morgan fingerprint density at radius 3 is 2.90 bits per heavy atom. The van der Waals surface area contributed by atoms with Crippen LogP contribution in [-0.4, -0.2) is 37.6 Å². The third-order valence-electron chi connectivity index (χ3n) is 4.76. The Hall–Kier alpha value is -1.12. The number of hydrogen-bond acceptors (Lipinski definition) is 2. The molecule has 1 aromatic rings. The van der Waals surface area contributed by atoms with Crippen molar-refractivity contribution < 1.29 is 0 Å². The Bertz CT molecular complexity index is 458. The smallest absolute Gasteiger partial charge is 0.0193 e. The number of nitrogens with one attached hydrogen (secondary N) is 1. The molecule has 2 saturated heterocycles. The zero-order chi connectivity index (χ0) is 13.8. The molecule has 1 atom stereocenters. The summed E-state index contributed by atoms with van der Waals surface area (Å²) in [6.07, 6.45) is 6.47. The SMILES string of the molecule is C/C(=C\c1ccccc1)CN1CC[C@]2(CCCNC2)C1. The quantitative estimate of drug-likeness (QED) is 0.907. The first kappa shape index (κ1) is 13.8. The summed E-state index contributed by atoms with van der Waals surface area (Å²) in [7, 11) is 0. The van der Waals surface area contributed by atoms with Crippen molar-refractivity contribution in [3.05, 3.63) is 41.5 Å². The van der Waals surface area contributed by atoms with Crippen LogP contribution in [0.1, 0.15) is 31.7 Å². The summed E-state index contributed by atoms with van der Waals surface area (Å²) >= 11 is 0. The number of benzene rings is 1. The van der Waals surface area contributed by atoms with Crippen LogP contribution in [0.15, 0.2) is 35.9 Å². The molecular formula is C18H26N2. The molecule has 1 aromatic carbocycles. The lowest BCUT2D eigenvalue weighted by atomic mass is 9.80. The molecule has 0 radical (unpaired) electrons. The van der Waals surface area contributed by atoms with Crippen LogP contribution in [0, 0.1) is 5.41 Å². The fraction of sp³-hybridized carbons (Fsp3) is 0.556. The number of piperidine rings is 1. The second-order valence-corrected chi connectivity index (χ2v) is 6.64. The molecule has 0 bridgehead atoms. The van der Waals surface area contributed by atoms with Gasteiger partial charge in [0.2, 0.25) is 0 Å². The standard InChI is InChI=1S/C18H26N2/c1-16(12-17-6-3-2-4-7-17)13-20-11-9-18(15-20)8-5-10-19-14-18/h2-4,6-7,12,19H,5,8-11,13-15H2,1H3/b16-12+/t18-/m0/s1. The second-order valence-electron chi connectivity index (χ2n) is 6.64. The molecule has 2 heteroatoms. The van der Waals surface area contributed by atoms with E-state index in [1.807, 2.05) is 0 Å². The van der Waals surface area contributed by atoms with Crippen LogP contribution in [-0.2, 0) is 0 Å². The topological polar surface area (TPSA) is 15.3 Å². The summed E-state index contributed by atoms with van der Waals surface area (Å²) in [5, 5.41) is 3.59. The van der Waals surface area contributed by atoms with Gasteiger partial charge in [0, 0.05) is 19.6 Å². The number of nitrogens with zero attached hydrogens (tertiary/aromatic N) is 1. The third kappa shape index (κ3) is 3.31. The lowest BCUT2D eigenvalue weighted by Crippen LogP contribution is -2.42. The summed E-state index contributed by atoms with van der Waals surface area (Å²) in [5.74, 6) is 0. The summed E-state index contributed by atoms with van der Waals surface area (Å²) in [6.45, 7) is 8.37. The van der Waals surface area contributed by atoms with Crippen molar-refractivity contribution in [2.24, 2.45) is 5.41 Å². The first-order chi connectivity index (χ1) is 9.76. The molecule has 0 saturated carbocycles. The Morgan fingerprint density at radius 1 is 1.30 bits per heavy atom. The molecule has 2 aliphatic rings. The van der Waals surface area contributed by atoms with E-state index in [1.165, 1.54) is 56.6 Å². The van der Waals surface area contributed by atoms with Gasteiger partial charge in [0.25, 0.3) is 0 Å². The van der Waals surface area contributed by atoms with Gasteiger partial charge in [0.05, 0.1) is 0 Å². The highest BCUT2D eigenvalue weighted by molar-refractivity contribution is 5.52. The lowest BCUT2D eigenvalue weighted by molar-refractivity contribution is 0.207. The van der Waals surface area contributed by atoms with E-state index >= 15 is 0 Å². The molecule has 2 nitrogen and oxygen atoms in total. The van der Waals surface area contributed by atoms with E-state index in [1.54, 1.807) is 0 Å². The Morgan fingerprint density at radius 2 is 2.15 bits per heavy atom. The van der Waals surface area contributed by atoms with Crippen LogP contribution < -0.4 is 5.32 Å². The summed E-state index contributed by atoms with van der Waals surface area (Å²) in [4.78, 5) is 2.64. The third-order valence-corrected chi connectivity index (χ3v) is 4.76. The zero-order valence-corrected chi connectivity index (χ0v) is 12.6. The highest BCUT2D eigenvalue weighted by Gasteiger charge is 2.38. The molecule has 0 aliphatic carbocycles. The van der Waals surface area contributed by atoms with Gasteiger partial charge in [0.15, 0.2) is 0 Å². The summed E-state index contributed by atoms with van der Waals surface area (Å²) in [6, 6.07) is 10.7. The first-order valence-electron chi connectivity index (χ1n) is 7.91. The average molecular weight is 270 g/mol. The van der Waals surface area contributed by atoms with Crippen molar-refractivity contribution in [1.82, 2.24) is 10.2 Å². The van der Waals surface area contributed by atoms with Gasteiger partial charge < -0.3 is 5.32 Å². The van der Waals surface area contributed by atoms with E-state index in [9.17, 15) is 0 Å². The van der Waals surface area contributed by atoms with Crippen molar-refractivity contribution in [1.29, 1.82) is 0 Å². The lowest BCUT2D eigenvalue weighted by Gasteiger charge is -2.34. The predicted molar refractivity (Wildman–Crippen MR) is 85.7 cm³/mol. The Balaban J connectivity index is 1.57. The molecule has 1 N–H and O–H groups in total. The fourth-order valence-corrected chi connectivity index (χ4v) is 3.77. The van der Waals surface area contributed by atoms with E-state index in [0.29, 0.717) is 5.41 Å². The van der Waals surface area contributed by atoms with Crippen LogP contribution in [0.3, 0.4) is 0 Å². The Labute approximate surface area is 122 Å². The summed E-state index contributed by atoms with van der Waals surface area (Å²) < 4.78 is 0. The molecule has 0 unspecified atom stereocenters. The molecule has 0 amide bonds. The number of rotatable bonds is 3. The molecule has 2 heterocycles. The maximum Gasteiger partial charge on any atom is 0.0193 e. The molecule has 2 fully saturated rings. The first-order valence-corrected chi connectivity index (χ1v) is 7.91. The maximum absolute atomic E-state index is 3.59. The van der Waals surface area contributed by atoms with Crippen molar-refractivity contribution in [3.63, 3.8) is 0 Å². The maximum atomic E-state index is 3.59. The van der Waals surface area contributed by atoms with E-state index in [0.717, 1.165) is 6.54 Å². The zero-order valence-electron chi connectivity index (χ0n) is 12.6. The average Bonchev–Trinajstić information content (AvgIpc) is 2.83. The number of likely N-dealkylation sites (tertiary alicyclic amines) is 1. The molecular weight excluding hydrogens is 244 g/mol. The molecule has 20 heavy (non-hydrogen) atoms. The highest BCUT2D eigenvalue weighted by atomic mass is 15.2. The van der Waals surface area contributed by atoms with E-state index in [2.05, 4.69) is 53.5 Å². The fourth-order valence-electron chi connectivity index (χ4n) is 3.77. The Kier molecular flexibility index (Phi) is 4.23. The van der Waals surface area contributed by atoms with Gasteiger partial charge in [-0.1, -0.05) is 42.0 Å². The van der Waals surface area contributed by atoms with Crippen LogP contribution in [0.25, 0.3) is 6.08 Å².